The van der Waals surface area contributed by atoms with Crippen LogP contribution in [0.15, 0.2) is 27.1 Å². The van der Waals surface area contributed by atoms with E-state index in [-0.39, 0.29) is 5.41 Å². The number of hydrogen-bond donors (Lipinski definition) is 1. The minimum atomic E-state index is 0.225. The maximum absolute atomic E-state index is 6.21. The van der Waals surface area contributed by atoms with Crippen LogP contribution in [0.2, 0.25) is 0 Å². The summed E-state index contributed by atoms with van der Waals surface area (Å²) < 4.78 is 8.28. The van der Waals surface area contributed by atoms with Gasteiger partial charge in [0.15, 0.2) is 0 Å². The molecule has 0 spiro atoms. The van der Waals surface area contributed by atoms with Crippen molar-refractivity contribution in [1.29, 1.82) is 0 Å². The van der Waals surface area contributed by atoms with Crippen LogP contribution >= 0.6 is 31.9 Å². The van der Waals surface area contributed by atoms with Crippen molar-refractivity contribution in [3.8, 4) is 5.75 Å². The van der Waals surface area contributed by atoms with E-state index in [9.17, 15) is 0 Å². The molecule has 2 rings (SSSR count). The Hall–Kier alpha value is -0.0600. The van der Waals surface area contributed by atoms with Gasteiger partial charge in [-0.15, -0.1) is 0 Å². The van der Waals surface area contributed by atoms with E-state index in [0.717, 1.165) is 34.1 Å². The second kappa shape index (κ2) is 6.15. The van der Waals surface area contributed by atoms with Crippen LogP contribution in [0, 0.1) is 5.41 Å². The lowest BCUT2D eigenvalue weighted by molar-refractivity contribution is -0.0700. The molecule has 0 aromatic heterocycles. The molecule has 106 valence electrons. The van der Waals surface area contributed by atoms with Gasteiger partial charge in [0.1, 0.15) is 11.9 Å². The summed E-state index contributed by atoms with van der Waals surface area (Å²) in [6.07, 6.45) is 2.50. The van der Waals surface area contributed by atoms with Crippen molar-refractivity contribution in [3.05, 3.63) is 27.1 Å². The molecule has 2 nitrogen and oxygen atoms in total. The van der Waals surface area contributed by atoms with Gasteiger partial charge in [-0.2, -0.15) is 0 Å². The predicted octanol–water partition coefficient (Wildman–Crippen LogP) is 4.76. The summed E-state index contributed by atoms with van der Waals surface area (Å²) in [7, 11) is 0. The number of ether oxygens (including phenoxy) is 1. The van der Waals surface area contributed by atoms with E-state index in [4.69, 9.17) is 4.74 Å². The fourth-order valence-corrected chi connectivity index (χ4v) is 3.90. The first-order valence-electron chi connectivity index (χ1n) is 6.86. The number of benzene rings is 1. The molecule has 1 aliphatic rings. The molecule has 1 aromatic carbocycles. The van der Waals surface area contributed by atoms with Gasteiger partial charge >= 0.3 is 0 Å². The van der Waals surface area contributed by atoms with Crippen LogP contribution in [-0.2, 0) is 0 Å². The molecule has 4 heteroatoms. The van der Waals surface area contributed by atoms with Crippen LogP contribution in [0.3, 0.4) is 0 Å². The monoisotopic (exact) mass is 389 g/mol. The topological polar surface area (TPSA) is 21.3 Å². The summed E-state index contributed by atoms with van der Waals surface area (Å²) in [6, 6.07) is 6.63. The van der Waals surface area contributed by atoms with Crippen LogP contribution in [0.4, 0.5) is 0 Å². The van der Waals surface area contributed by atoms with Gasteiger partial charge in [0.2, 0.25) is 0 Å². The van der Waals surface area contributed by atoms with Crippen LogP contribution in [0.1, 0.15) is 33.6 Å². The Balaban J connectivity index is 2.08. The quantitative estimate of drug-likeness (QED) is 0.782. The first kappa shape index (κ1) is 15.3. The Labute approximate surface area is 132 Å². The average Bonchev–Trinajstić information content (AvgIpc) is 2.39. The van der Waals surface area contributed by atoms with Gasteiger partial charge in [-0.25, -0.2) is 0 Å². The van der Waals surface area contributed by atoms with Crippen LogP contribution < -0.4 is 10.1 Å². The number of nitrogens with one attached hydrogen (secondary N) is 1. The highest BCUT2D eigenvalue weighted by molar-refractivity contribution is 9.11. The van der Waals surface area contributed by atoms with E-state index < -0.39 is 0 Å². The molecule has 0 aliphatic heterocycles. The van der Waals surface area contributed by atoms with E-state index in [2.05, 4.69) is 57.9 Å². The summed E-state index contributed by atoms with van der Waals surface area (Å²) >= 11 is 7.03. The lowest BCUT2D eigenvalue weighted by atomic mass is 9.61. The predicted molar refractivity (Wildman–Crippen MR) is 86.7 cm³/mol. The summed E-state index contributed by atoms with van der Waals surface area (Å²) in [4.78, 5) is 0. The lowest BCUT2D eigenvalue weighted by Crippen LogP contribution is -2.63. The molecule has 0 radical (unpaired) electrons. The summed E-state index contributed by atoms with van der Waals surface area (Å²) in [5.41, 5.74) is 0.225. The van der Waals surface area contributed by atoms with Gasteiger partial charge in [-0.05, 0) is 47.1 Å². The van der Waals surface area contributed by atoms with E-state index in [1.807, 2.05) is 18.2 Å². The molecule has 1 N–H and O–H groups in total. The van der Waals surface area contributed by atoms with Gasteiger partial charge in [0.05, 0.1) is 4.47 Å². The van der Waals surface area contributed by atoms with Gasteiger partial charge in [-0.1, -0.05) is 36.7 Å². The van der Waals surface area contributed by atoms with Crippen LogP contribution in [0.5, 0.6) is 5.75 Å². The molecule has 1 aromatic rings. The van der Waals surface area contributed by atoms with E-state index in [1.165, 1.54) is 0 Å². The molecule has 0 bridgehead atoms. The third kappa shape index (κ3) is 3.01. The van der Waals surface area contributed by atoms with Gasteiger partial charge in [0, 0.05) is 22.4 Å². The molecule has 0 amide bonds. The highest BCUT2D eigenvalue weighted by atomic mass is 79.9. The average molecular weight is 391 g/mol. The maximum atomic E-state index is 6.21. The number of halogens is 2. The molecule has 3 atom stereocenters. The zero-order chi connectivity index (χ0) is 14.0. The van der Waals surface area contributed by atoms with Crippen molar-refractivity contribution in [3.63, 3.8) is 0 Å². The zero-order valence-electron chi connectivity index (χ0n) is 11.7. The molecule has 3 unspecified atom stereocenters. The van der Waals surface area contributed by atoms with Crippen molar-refractivity contribution in [2.75, 3.05) is 6.54 Å². The standard InChI is InChI=1S/C15H21Br2NO/c1-4-15(3)13(18-5-2)9-14(15)19-12-7-6-10(16)8-11(12)17/h6-8,13-14,18H,4-5,9H2,1-3H3. The maximum Gasteiger partial charge on any atom is 0.134 e. The van der Waals surface area contributed by atoms with Gasteiger partial charge in [0.25, 0.3) is 0 Å². The second-order valence-corrected chi connectivity index (χ2v) is 7.16. The van der Waals surface area contributed by atoms with Gasteiger partial charge < -0.3 is 10.1 Å². The van der Waals surface area contributed by atoms with Gasteiger partial charge in [-0.3, -0.25) is 0 Å². The molecule has 1 aliphatic carbocycles. The smallest absolute Gasteiger partial charge is 0.134 e. The zero-order valence-corrected chi connectivity index (χ0v) is 14.8. The minimum Gasteiger partial charge on any atom is -0.489 e. The Morgan fingerprint density at radius 1 is 1.37 bits per heavy atom. The fraction of sp³-hybridized carbons (Fsp3) is 0.600. The number of hydrogen-bond acceptors (Lipinski definition) is 2. The Morgan fingerprint density at radius 2 is 2.11 bits per heavy atom. The summed E-state index contributed by atoms with van der Waals surface area (Å²) in [6.45, 7) is 7.75. The van der Waals surface area contributed by atoms with E-state index in [0.29, 0.717) is 12.1 Å². The third-order valence-corrected chi connectivity index (χ3v) is 5.47. The Morgan fingerprint density at radius 3 is 2.68 bits per heavy atom. The van der Waals surface area contributed by atoms with Crippen molar-refractivity contribution in [2.45, 2.75) is 45.8 Å². The van der Waals surface area contributed by atoms with Crippen molar-refractivity contribution in [1.82, 2.24) is 5.32 Å². The highest BCUT2D eigenvalue weighted by Gasteiger charge is 2.51. The first-order chi connectivity index (χ1) is 9.01. The minimum absolute atomic E-state index is 0.225. The summed E-state index contributed by atoms with van der Waals surface area (Å²) in [5, 5.41) is 3.56. The van der Waals surface area contributed by atoms with E-state index >= 15 is 0 Å². The first-order valence-corrected chi connectivity index (χ1v) is 8.45. The largest absolute Gasteiger partial charge is 0.489 e. The van der Waals surface area contributed by atoms with Crippen molar-refractivity contribution in [2.24, 2.45) is 5.41 Å². The van der Waals surface area contributed by atoms with Crippen molar-refractivity contribution < 1.29 is 4.74 Å². The van der Waals surface area contributed by atoms with Crippen LogP contribution in [-0.4, -0.2) is 18.7 Å². The molecule has 0 heterocycles. The molecule has 19 heavy (non-hydrogen) atoms. The SMILES string of the molecule is CCNC1CC(Oc2ccc(Br)cc2Br)C1(C)CC. The second-order valence-electron chi connectivity index (χ2n) is 5.39. The lowest BCUT2D eigenvalue weighted by Gasteiger charge is -2.53. The third-order valence-electron chi connectivity index (χ3n) is 4.36. The molecule has 1 saturated carbocycles. The fourth-order valence-electron chi connectivity index (χ4n) is 2.76. The molecular formula is C15H21Br2NO. The molecular weight excluding hydrogens is 370 g/mol. The van der Waals surface area contributed by atoms with Crippen LogP contribution in [0.25, 0.3) is 0 Å². The summed E-state index contributed by atoms with van der Waals surface area (Å²) in [5.74, 6) is 0.933. The van der Waals surface area contributed by atoms with Crippen molar-refractivity contribution >= 4 is 31.9 Å². The molecule has 0 saturated heterocycles. The Kier molecular flexibility index (Phi) is 4.96. The highest BCUT2D eigenvalue weighted by Crippen LogP contribution is 2.46. The Bertz CT molecular complexity index is 452. The normalized spacial score (nSPS) is 29.9. The van der Waals surface area contributed by atoms with E-state index in [1.54, 1.807) is 0 Å². The molecule has 1 fully saturated rings. The number of rotatable bonds is 5.